The molecule has 1 atom stereocenters. The maximum atomic E-state index is 13.4. The summed E-state index contributed by atoms with van der Waals surface area (Å²) in [6, 6.07) is 7.98. The van der Waals surface area contributed by atoms with Gasteiger partial charge in [-0.3, -0.25) is 14.5 Å². The van der Waals surface area contributed by atoms with Crippen LogP contribution in [0.1, 0.15) is 27.7 Å². The molecule has 1 amide bonds. The lowest BCUT2D eigenvalue weighted by atomic mass is 9.94. The van der Waals surface area contributed by atoms with Crippen LogP contribution in [-0.2, 0) is 9.53 Å². The average Bonchev–Trinajstić information content (AvgIpc) is 3.47. The first-order valence-corrected chi connectivity index (χ1v) is 11.8. The van der Waals surface area contributed by atoms with Crippen molar-refractivity contribution in [3.8, 4) is 11.5 Å². The Morgan fingerprint density at radius 1 is 1.18 bits per heavy atom. The van der Waals surface area contributed by atoms with Gasteiger partial charge in [-0.1, -0.05) is 6.07 Å². The molecule has 8 nitrogen and oxygen atoms in total. The fourth-order valence-corrected chi connectivity index (χ4v) is 4.99. The van der Waals surface area contributed by atoms with Crippen LogP contribution in [-0.4, -0.2) is 80.2 Å². The summed E-state index contributed by atoms with van der Waals surface area (Å²) in [5.74, 6) is -0.313. The number of aliphatic hydroxyl groups excluding tert-OH is 1. The van der Waals surface area contributed by atoms with E-state index in [-0.39, 0.29) is 11.4 Å². The van der Waals surface area contributed by atoms with E-state index < -0.39 is 17.7 Å². The van der Waals surface area contributed by atoms with E-state index in [0.717, 1.165) is 19.6 Å². The van der Waals surface area contributed by atoms with Crippen LogP contribution in [0, 0.1) is 0 Å². The van der Waals surface area contributed by atoms with Gasteiger partial charge in [0.05, 0.1) is 43.9 Å². The smallest absolute Gasteiger partial charge is 0.290 e. The normalized spacial score (nSPS) is 19.3. The number of morpholine rings is 1. The molecule has 4 rings (SSSR count). The third kappa shape index (κ3) is 4.75. The minimum Gasteiger partial charge on any atom is -0.503 e. The molecule has 0 spiro atoms. The Hall–Kier alpha value is -2.88. The van der Waals surface area contributed by atoms with Crippen molar-refractivity contribution in [1.29, 1.82) is 0 Å². The summed E-state index contributed by atoms with van der Waals surface area (Å²) >= 11 is 1.28. The van der Waals surface area contributed by atoms with Crippen LogP contribution in [0.15, 0.2) is 47.0 Å². The first-order valence-electron chi connectivity index (χ1n) is 10.9. The Bertz CT molecular complexity index is 1030. The summed E-state index contributed by atoms with van der Waals surface area (Å²) < 4.78 is 16.3. The predicted molar refractivity (Wildman–Crippen MR) is 124 cm³/mol. The van der Waals surface area contributed by atoms with Crippen molar-refractivity contribution in [1.82, 2.24) is 9.80 Å². The van der Waals surface area contributed by atoms with Crippen molar-refractivity contribution in [3.63, 3.8) is 0 Å². The number of nitrogens with zero attached hydrogens (tertiary/aromatic N) is 2. The Balaban J connectivity index is 1.67. The Labute approximate surface area is 197 Å². The lowest BCUT2D eigenvalue weighted by molar-refractivity contribution is -0.129. The van der Waals surface area contributed by atoms with Crippen LogP contribution in [0.3, 0.4) is 0 Å². The highest BCUT2D eigenvalue weighted by molar-refractivity contribution is 7.12. The number of methoxy groups -OCH3 is 2. The van der Waals surface area contributed by atoms with Crippen LogP contribution >= 0.6 is 11.3 Å². The zero-order valence-electron chi connectivity index (χ0n) is 18.8. The molecule has 1 aromatic heterocycles. The van der Waals surface area contributed by atoms with E-state index in [2.05, 4.69) is 4.90 Å². The number of ketones is 1. The largest absolute Gasteiger partial charge is 0.503 e. The number of carbonyl (C=O) groups excluding carboxylic acids is 2. The zero-order valence-corrected chi connectivity index (χ0v) is 19.6. The van der Waals surface area contributed by atoms with E-state index in [4.69, 9.17) is 14.2 Å². The standard InChI is InChI=1S/C24H28N2O6S/c1-30-16-6-7-17(18(15-16)31-2)21-20(22(27)19-5-3-14-33-19)23(28)24(29)26(21)9-4-8-25-10-12-32-13-11-25/h3,5-7,14-15,21,28H,4,8-13H2,1-2H3/t21-/m1/s1. The number of aliphatic hydroxyl groups is 1. The molecule has 2 aliphatic heterocycles. The first-order chi connectivity index (χ1) is 16.0. The maximum absolute atomic E-state index is 13.4. The van der Waals surface area contributed by atoms with Crippen LogP contribution in [0.5, 0.6) is 11.5 Å². The van der Waals surface area contributed by atoms with Crippen LogP contribution in [0.4, 0.5) is 0 Å². The topological polar surface area (TPSA) is 88.5 Å². The van der Waals surface area contributed by atoms with Crippen LogP contribution < -0.4 is 9.47 Å². The molecule has 2 aliphatic rings. The number of hydrogen-bond acceptors (Lipinski definition) is 8. The SMILES string of the molecule is COc1ccc([C@@H]2C(C(=O)c3cccs3)=C(O)C(=O)N2CCCN2CCOCC2)c(OC)c1. The van der Waals surface area contributed by atoms with Crippen LogP contribution in [0.25, 0.3) is 0 Å². The number of rotatable bonds is 9. The fraction of sp³-hybridized carbons (Fsp3) is 0.417. The minimum absolute atomic E-state index is 0.0808. The third-order valence-electron chi connectivity index (χ3n) is 6.01. The van der Waals surface area contributed by atoms with Gasteiger partial charge in [0.1, 0.15) is 11.5 Å². The van der Waals surface area contributed by atoms with Gasteiger partial charge < -0.3 is 24.2 Å². The van der Waals surface area contributed by atoms with Crippen molar-refractivity contribution < 1.29 is 28.9 Å². The van der Waals surface area contributed by atoms with Crippen molar-refractivity contribution in [2.75, 3.05) is 53.6 Å². The molecule has 1 N–H and O–H groups in total. The molecule has 0 bridgehead atoms. The molecule has 2 aromatic rings. The number of benzene rings is 1. The lowest BCUT2D eigenvalue weighted by Crippen LogP contribution is -2.39. The van der Waals surface area contributed by atoms with E-state index in [1.165, 1.54) is 18.4 Å². The molecule has 1 aromatic carbocycles. The van der Waals surface area contributed by atoms with Gasteiger partial charge in [-0.2, -0.15) is 0 Å². The molecule has 176 valence electrons. The second-order valence-electron chi connectivity index (χ2n) is 7.89. The van der Waals surface area contributed by atoms with E-state index in [9.17, 15) is 14.7 Å². The van der Waals surface area contributed by atoms with E-state index >= 15 is 0 Å². The molecular formula is C24H28N2O6S. The van der Waals surface area contributed by atoms with Gasteiger partial charge in [0.15, 0.2) is 5.76 Å². The number of carbonyl (C=O) groups is 2. The van der Waals surface area contributed by atoms with Gasteiger partial charge in [-0.25, -0.2) is 0 Å². The van der Waals surface area contributed by atoms with Gasteiger partial charge in [-0.05, 0) is 30.0 Å². The Morgan fingerprint density at radius 3 is 2.64 bits per heavy atom. The highest BCUT2D eigenvalue weighted by Gasteiger charge is 2.44. The summed E-state index contributed by atoms with van der Waals surface area (Å²) in [4.78, 5) is 30.8. The van der Waals surface area contributed by atoms with Gasteiger partial charge >= 0.3 is 0 Å². The lowest BCUT2D eigenvalue weighted by Gasteiger charge is -2.30. The molecule has 0 unspecified atom stereocenters. The average molecular weight is 473 g/mol. The van der Waals surface area contributed by atoms with Gasteiger partial charge in [-0.15, -0.1) is 11.3 Å². The number of hydrogen-bond donors (Lipinski definition) is 1. The highest BCUT2D eigenvalue weighted by Crippen LogP contribution is 2.43. The summed E-state index contributed by atoms with van der Waals surface area (Å²) in [6.07, 6.45) is 0.703. The molecule has 9 heteroatoms. The van der Waals surface area contributed by atoms with Crippen molar-refractivity contribution in [2.24, 2.45) is 0 Å². The number of Topliss-reactive ketones (excluding diaryl/α,β-unsaturated/α-hetero) is 1. The summed E-state index contributed by atoms with van der Waals surface area (Å²) in [7, 11) is 3.09. The van der Waals surface area contributed by atoms with Crippen molar-refractivity contribution >= 4 is 23.0 Å². The Morgan fingerprint density at radius 2 is 1.97 bits per heavy atom. The minimum atomic E-state index is -0.752. The van der Waals surface area contributed by atoms with Crippen LogP contribution in [0.2, 0.25) is 0 Å². The number of thiophene rings is 1. The fourth-order valence-electron chi connectivity index (χ4n) is 4.31. The molecule has 0 radical (unpaired) electrons. The highest BCUT2D eigenvalue weighted by atomic mass is 32.1. The van der Waals surface area contributed by atoms with Gasteiger partial charge in [0.25, 0.3) is 5.91 Å². The van der Waals surface area contributed by atoms with Gasteiger partial charge in [0.2, 0.25) is 5.78 Å². The van der Waals surface area contributed by atoms with Gasteiger partial charge in [0, 0.05) is 37.8 Å². The number of ether oxygens (including phenoxy) is 3. The first kappa shape index (κ1) is 23.3. The maximum Gasteiger partial charge on any atom is 0.290 e. The molecule has 0 aliphatic carbocycles. The number of amides is 1. The molecule has 3 heterocycles. The molecule has 1 saturated heterocycles. The third-order valence-corrected chi connectivity index (χ3v) is 6.87. The summed E-state index contributed by atoms with van der Waals surface area (Å²) in [5, 5.41) is 12.6. The van der Waals surface area contributed by atoms with Crippen molar-refractivity contribution in [3.05, 3.63) is 57.5 Å². The monoisotopic (exact) mass is 472 g/mol. The quantitative estimate of drug-likeness (QED) is 0.561. The van der Waals surface area contributed by atoms with E-state index in [1.807, 2.05) is 0 Å². The molecule has 1 fully saturated rings. The second kappa shape index (κ2) is 10.4. The summed E-state index contributed by atoms with van der Waals surface area (Å²) in [6.45, 7) is 4.31. The molecule has 0 saturated carbocycles. The zero-order chi connectivity index (χ0) is 23.4. The Kier molecular flexibility index (Phi) is 7.32. The van der Waals surface area contributed by atoms with E-state index in [0.29, 0.717) is 48.1 Å². The van der Waals surface area contributed by atoms with E-state index in [1.54, 1.807) is 47.7 Å². The molecular weight excluding hydrogens is 444 g/mol. The second-order valence-corrected chi connectivity index (χ2v) is 8.83. The molecule has 33 heavy (non-hydrogen) atoms. The predicted octanol–water partition coefficient (Wildman–Crippen LogP) is 3.07. The summed E-state index contributed by atoms with van der Waals surface area (Å²) in [5.41, 5.74) is 0.708. The van der Waals surface area contributed by atoms with Crippen molar-refractivity contribution in [2.45, 2.75) is 12.5 Å².